The van der Waals surface area contributed by atoms with E-state index in [0.717, 1.165) is 12.5 Å². The molecule has 0 aromatic heterocycles. The smallest absolute Gasteiger partial charge is 0.109 e. The molecule has 0 radical (unpaired) electrons. The molecule has 1 fully saturated rings. The second-order valence-electron chi connectivity index (χ2n) is 3.09. The fraction of sp³-hybridized carbons (Fsp3) is 1.00. The van der Waals surface area contributed by atoms with E-state index in [2.05, 4.69) is 18.9 Å². The molecule has 2 atom stereocenters. The fourth-order valence-corrected chi connectivity index (χ4v) is 1.92. The predicted octanol–water partition coefficient (Wildman–Crippen LogP) is 1.69. The molecule has 0 bridgehead atoms. The highest BCUT2D eigenvalue weighted by Gasteiger charge is 2.27. The summed E-state index contributed by atoms with van der Waals surface area (Å²) in [5, 5.41) is 0. The third-order valence-electron chi connectivity index (χ3n) is 2.39. The van der Waals surface area contributed by atoms with Gasteiger partial charge in [0.1, 0.15) is 23.0 Å². The Morgan fingerprint density at radius 2 is 2.40 bits per heavy atom. The van der Waals surface area contributed by atoms with Gasteiger partial charge in [-0.1, -0.05) is 6.92 Å². The monoisotopic (exact) mass is 255 g/mol. The molecule has 1 aliphatic heterocycles. The Morgan fingerprint density at radius 3 is 2.80 bits per heavy atom. The fourth-order valence-electron chi connectivity index (χ4n) is 1.56. The molecule has 2 unspecified atom stereocenters. The van der Waals surface area contributed by atoms with Crippen LogP contribution in [0.2, 0.25) is 0 Å². The molecule has 60 valence electrons. The molecule has 2 nitrogen and oxygen atoms in total. The largest absolute Gasteiger partial charge is 0.314 e. The van der Waals surface area contributed by atoms with Gasteiger partial charge in [-0.15, -0.1) is 0 Å². The summed E-state index contributed by atoms with van der Waals surface area (Å²) in [5.41, 5.74) is 0. The molecule has 1 aliphatic rings. The zero-order valence-corrected chi connectivity index (χ0v) is 8.67. The SMILES string of the molecule is CC1CCN(C)C1COI. The second kappa shape index (κ2) is 3.88. The molecule has 3 heteroatoms. The summed E-state index contributed by atoms with van der Waals surface area (Å²) in [6.07, 6.45) is 1.32. The standard InChI is InChI=1S/C7H14INO/c1-6-3-4-9(2)7(6)5-10-8/h6-7H,3-5H2,1-2H3. The van der Waals surface area contributed by atoms with E-state index in [-0.39, 0.29) is 0 Å². The minimum absolute atomic E-state index is 0.650. The average Bonchev–Trinajstić information content (AvgIpc) is 2.20. The number of rotatable bonds is 2. The zero-order valence-electron chi connectivity index (χ0n) is 6.51. The van der Waals surface area contributed by atoms with Gasteiger partial charge in [0.05, 0.1) is 6.61 Å². The van der Waals surface area contributed by atoms with Crippen LogP contribution in [0.5, 0.6) is 0 Å². The average molecular weight is 255 g/mol. The van der Waals surface area contributed by atoms with Gasteiger partial charge in [0.25, 0.3) is 0 Å². The van der Waals surface area contributed by atoms with E-state index in [4.69, 9.17) is 3.07 Å². The second-order valence-corrected chi connectivity index (χ2v) is 3.71. The van der Waals surface area contributed by atoms with Crippen LogP contribution >= 0.6 is 23.0 Å². The molecule has 0 aromatic carbocycles. The topological polar surface area (TPSA) is 12.5 Å². The molecule has 0 saturated carbocycles. The van der Waals surface area contributed by atoms with Crippen molar-refractivity contribution >= 4 is 23.0 Å². The summed E-state index contributed by atoms with van der Waals surface area (Å²) in [7, 11) is 2.17. The van der Waals surface area contributed by atoms with Gasteiger partial charge < -0.3 is 7.97 Å². The van der Waals surface area contributed by atoms with E-state index in [9.17, 15) is 0 Å². The Kier molecular flexibility index (Phi) is 3.39. The molecule has 0 N–H and O–H groups in total. The van der Waals surface area contributed by atoms with Crippen LogP contribution in [-0.2, 0) is 3.07 Å². The van der Waals surface area contributed by atoms with Crippen LogP contribution in [0.25, 0.3) is 0 Å². The summed E-state index contributed by atoms with van der Waals surface area (Å²) in [5.74, 6) is 0.805. The van der Waals surface area contributed by atoms with E-state index in [0.29, 0.717) is 6.04 Å². The number of halogens is 1. The number of likely N-dealkylation sites (tertiary alicyclic amines) is 1. The lowest BCUT2D eigenvalue weighted by Gasteiger charge is -2.20. The number of nitrogens with zero attached hydrogens (tertiary/aromatic N) is 1. The lowest BCUT2D eigenvalue weighted by atomic mass is 10.0. The van der Waals surface area contributed by atoms with Crippen LogP contribution < -0.4 is 0 Å². The summed E-state index contributed by atoms with van der Waals surface area (Å²) in [4.78, 5) is 2.38. The first-order chi connectivity index (χ1) is 4.75. The predicted molar refractivity (Wildman–Crippen MR) is 50.2 cm³/mol. The third kappa shape index (κ3) is 1.83. The number of hydrogen-bond acceptors (Lipinski definition) is 2. The third-order valence-corrected chi connectivity index (χ3v) is 2.75. The van der Waals surface area contributed by atoms with Gasteiger partial charge in [0, 0.05) is 6.04 Å². The van der Waals surface area contributed by atoms with Crippen molar-refractivity contribution in [3.8, 4) is 0 Å². The van der Waals surface area contributed by atoms with E-state index in [1.54, 1.807) is 0 Å². The summed E-state index contributed by atoms with van der Waals surface area (Å²) in [6.45, 7) is 4.40. The molecule has 1 rings (SSSR count). The summed E-state index contributed by atoms with van der Waals surface area (Å²) < 4.78 is 5.09. The first-order valence-electron chi connectivity index (χ1n) is 3.69. The van der Waals surface area contributed by atoms with Gasteiger partial charge in [0.2, 0.25) is 0 Å². The van der Waals surface area contributed by atoms with E-state index in [1.165, 1.54) is 13.0 Å². The van der Waals surface area contributed by atoms with Crippen molar-refractivity contribution in [1.82, 2.24) is 4.90 Å². The highest BCUT2D eigenvalue weighted by Crippen LogP contribution is 2.22. The van der Waals surface area contributed by atoms with E-state index in [1.807, 2.05) is 23.0 Å². The van der Waals surface area contributed by atoms with Gasteiger partial charge in [-0.3, -0.25) is 0 Å². The Hall–Kier alpha value is 0.650. The highest BCUT2D eigenvalue weighted by atomic mass is 127. The van der Waals surface area contributed by atoms with Crippen LogP contribution in [0.3, 0.4) is 0 Å². The van der Waals surface area contributed by atoms with Crippen molar-refractivity contribution in [2.45, 2.75) is 19.4 Å². The van der Waals surface area contributed by atoms with Crippen molar-refractivity contribution in [2.75, 3.05) is 20.2 Å². The highest BCUT2D eigenvalue weighted by molar-refractivity contribution is 14.1. The van der Waals surface area contributed by atoms with Gasteiger partial charge in [0.15, 0.2) is 0 Å². The van der Waals surface area contributed by atoms with Crippen LogP contribution in [0.4, 0.5) is 0 Å². The van der Waals surface area contributed by atoms with Crippen LogP contribution in [0.1, 0.15) is 13.3 Å². The molecule has 0 aromatic rings. The Labute approximate surface area is 76.6 Å². The minimum atomic E-state index is 0.650. The number of likely N-dealkylation sites (N-methyl/N-ethyl adjacent to an activating group) is 1. The molecule has 1 saturated heterocycles. The van der Waals surface area contributed by atoms with Crippen molar-refractivity contribution < 1.29 is 3.07 Å². The van der Waals surface area contributed by atoms with E-state index < -0.39 is 0 Å². The molecular weight excluding hydrogens is 241 g/mol. The molecule has 0 spiro atoms. The maximum absolute atomic E-state index is 5.09. The minimum Gasteiger partial charge on any atom is -0.314 e. The van der Waals surface area contributed by atoms with Gasteiger partial charge in [-0.2, -0.15) is 0 Å². The molecule has 10 heavy (non-hydrogen) atoms. The van der Waals surface area contributed by atoms with Gasteiger partial charge in [-0.25, -0.2) is 0 Å². The van der Waals surface area contributed by atoms with Crippen molar-refractivity contribution in [3.63, 3.8) is 0 Å². The summed E-state index contributed by atoms with van der Waals surface area (Å²) >= 11 is 1.97. The molecule has 0 aliphatic carbocycles. The van der Waals surface area contributed by atoms with Crippen molar-refractivity contribution in [1.29, 1.82) is 0 Å². The van der Waals surface area contributed by atoms with Crippen LogP contribution in [-0.4, -0.2) is 31.1 Å². The Balaban J connectivity index is 2.38. The normalized spacial score (nSPS) is 35.1. The van der Waals surface area contributed by atoms with Crippen molar-refractivity contribution in [2.24, 2.45) is 5.92 Å². The lowest BCUT2D eigenvalue weighted by Crippen LogP contribution is -2.31. The van der Waals surface area contributed by atoms with Crippen LogP contribution in [0, 0.1) is 5.92 Å². The Morgan fingerprint density at radius 1 is 1.70 bits per heavy atom. The maximum atomic E-state index is 5.09. The first-order valence-corrected chi connectivity index (χ1v) is 4.57. The van der Waals surface area contributed by atoms with Gasteiger partial charge >= 0.3 is 0 Å². The molecule has 1 heterocycles. The zero-order chi connectivity index (χ0) is 7.56. The van der Waals surface area contributed by atoms with Crippen LogP contribution in [0.15, 0.2) is 0 Å². The molecular formula is C7H14INO. The lowest BCUT2D eigenvalue weighted by molar-refractivity contribution is 0.210. The number of hydrogen-bond donors (Lipinski definition) is 0. The maximum Gasteiger partial charge on any atom is 0.109 e. The van der Waals surface area contributed by atoms with E-state index >= 15 is 0 Å². The molecule has 0 amide bonds. The first kappa shape index (κ1) is 8.74. The quantitative estimate of drug-likeness (QED) is 0.696. The van der Waals surface area contributed by atoms with Crippen molar-refractivity contribution in [3.05, 3.63) is 0 Å². The van der Waals surface area contributed by atoms with Gasteiger partial charge in [-0.05, 0) is 25.9 Å². The summed E-state index contributed by atoms with van der Waals surface area (Å²) in [6, 6.07) is 0.650. The Bertz CT molecular complexity index is 99.8.